The van der Waals surface area contributed by atoms with E-state index in [9.17, 15) is 18.4 Å². The predicted molar refractivity (Wildman–Crippen MR) is 90.8 cm³/mol. The van der Waals surface area contributed by atoms with Crippen LogP contribution in [0.5, 0.6) is 0 Å². The second-order valence-corrected chi connectivity index (χ2v) is 6.50. The predicted octanol–water partition coefficient (Wildman–Crippen LogP) is 1.99. The lowest BCUT2D eigenvalue weighted by Gasteiger charge is -2.34. The number of hydrogen-bond acceptors (Lipinski definition) is 3. The maximum Gasteiger partial charge on any atom is 0.225 e. The van der Waals surface area contributed by atoms with Crippen molar-refractivity contribution >= 4 is 11.8 Å². The molecule has 0 aromatic heterocycles. The van der Waals surface area contributed by atoms with Gasteiger partial charge in [0.05, 0.1) is 12.5 Å². The van der Waals surface area contributed by atoms with Crippen molar-refractivity contribution in [2.45, 2.75) is 32.2 Å². The van der Waals surface area contributed by atoms with Crippen molar-refractivity contribution in [1.29, 1.82) is 0 Å². The molecular formula is C18H25F2N3O2. The van der Waals surface area contributed by atoms with E-state index in [0.717, 1.165) is 31.5 Å². The van der Waals surface area contributed by atoms with Crippen LogP contribution in [0.25, 0.3) is 0 Å². The highest BCUT2D eigenvalue weighted by Crippen LogP contribution is 2.25. The molecule has 25 heavy (non-hydrogen) atoms. The third kappa shape index (κ3) is 5.22. The van der Waals surface area contributed by atoms with Crippen LogP contribution >= 0.6 is 0 Å². The Morgan fingerprint density at radius 1 is 1.32 bits per heavy atom. The van der Waals surface area contributed by atoms with E-state index in [0.29, 0.717) is 19.0 Å². The Morgan fingerprint density at radius 2 is 2.00 bits per heavy atom. The van der Waals surface area contributed by atoms with E-state index in [1.165, 1.54) is 13.0 Å². The van der Waals surface area contributed by atoms with Gasteiger partial charge in [-0.05, 0) is 44.5 Å². The fourth-order valence-electron chi connectivity index (χ4n) is 3.36. The largest absolute Gasteiger partial charge is 0.349 e. The number of carbonyl (C=O) groups excluding carboxylic acids is 2. The number of halogens is 2. The minimum atomic E-state index is -1.02. The summed E-state index contributed by atoms with van der Waals surface area (Å²) in [6, 6.07) is 2.49. The van der Waals surface area contributed by atoms with Gasteiger partial charge in [-0.2, -0.15) is 0 Å². The summed E-state index contributed by atoms with van der Waals surface area (Å²) < 4.78 is 28.2. The number of amides is 2. The van der Waals surface area contributed by atoms with E-state index in [1.807, 2.05) is 7.05 Å². The average Bonchev–Trinajstić information content (AvgIpc) is 2.54. The molecule has 5 nitrogen and oxygen atoms in total. The van der Waals surface area contributed by atoms with Crippen LogP contribution in [0, 0.1) is 17.6 Å². The molecule has 1 fully saturated rings. The van der Waals surface area contributed by atoms with Crippen LogP contribution in [0.4, 0.5) is 8.78 Å². The van der Waals surface area contributed by atoms with E-state index in [1.54, 1.807) is 4.90 Å². The zero-order chi connectivity index (χ0) is 18.4. The molecule has 2 atom stereocenters. The van der Waals surface area contributed by atoms with Crippen LogP contribution in [0.2, 0.25) is 0 Å². The minimum Gasteiger partial charge on any atom is -0.349 e. The summed E-state index contributed by atoms with van der Waals surface area (Å²) in [6.07, 6.45) is 1.78. The fourth-order valence-corrected chi connectivity index (χ4v) is 3.36. The lowest BCUT2D eigenvalue weighted by Crippen LogP contribution is -2.44. The van der Waals surface area contributed by atoms with Crippen LogP contribution in [-0.4, -0.2) is 43.4 Å². The second-order valence-electron chi connectivity index (χ2n) is 6.50. The van der Waals surface area contributed by atoms with E-state index >= 15 is 0 Å². The molecule has 0 bridgehead atoms. The summed E-state index contributed by atoms with van der Waals surface area (Å²) in [5.41, 5.74) is -0.269. The molecule has 0 spiro atoms. The first-order chi connectivity index (χ1) is 11.9. The molecule has 0 saturated carbocycles. The molecule has 0 aliphatic carbocycles. The summed E-state index contributed by atoms with van der Waals surface area (Å²) in [5.74, 6) is -1.81. The summed E-state index contributed by atoms with van der Waals surface area (Å²) in [4.78, 5) is 25.8. The van der Waals surface area contributed by atoms with Gasteiger partial charge in [0.1, 0.15) is 11.6 Å². The van der Waals surface area contributed by atoms with Gasteiger partial charge < -0.3 is 15.5 Å². The Balaban J connectivity index is 2.14. The minimum absolute atomic E-state index is 0.163. The van der Waals surface area contributed by atoms with Crippen molar-refractivity contribution in [1.82, 2.24) is 15.5 Å². The summed E-state index contributed by atoms with van der Waals surface area (Å²) >= 11 is 0. The number of piperidine rings is 1. The molecule has 1 aromatic carbocycles. The third-order valence-corrected chi connectivity index (χ3v) is 4.47. The topological polar surface area (TPSA) is 61.4 Å². The fraction of sp³-hybridized carbons (Fsp3) is 0.556. The maximum absolute atomic E-state index is 14.1. The quantitative estimate of drug-likeness (QED) is 0.822. The monoisotopic (exact) mass is 353 g/mol. The number of hydrogen-bond donors (Lipinski definition) is 2. The highest BCUT2D eigenvalue weighted by molar-refractivity contribution is 5.79. The SMILES string of the molecule is CNCC1CCCN(C(=O)CC(NC(C)=O)c2c(F)cccc2F)C1. The molecule has 2 amide bonds. The van der Waals surface area contributed by atoms with Crippen molar-refractivity contribution in [3.63, 3.8) is 0 Å². The van der Waals surface area contributed by atoms with Gasteiger partial charge in [-0.15, -0.1) is 0 Å². The van der Waals surface area contributed by atoms with Gasteiger partial charge in [-0.3, -0.25) is 9.59 Å². The Labute approximate surface area is 146 Å². The molecule has 1 heterocycles. The van der Waals surface area contributed by atoms with Gasteiger partial charge in [0.25, 0.3) is 0 Å². The Bertz CT molecular complexity index is 602. The molecule has 1 aliphatic heterocycles. The standard InChI is InChI=1S/C18H25F2N3O2/c1-12(24)22-16(18-14(19)6-3-7-15(18)20)9-17(25)23-8-4-5-13(11-23)10-21-2/h3,6-7,13,16,21H,4-5,8-11H2,1-2H3,(H,22,24). The van der Waals surface area contributed by atoms with Gasteiger partial charge in [-0.1, -0.05) is 6.07 Å². The van der Waals surface area contributed by atoms with Crippen LogP contribution in [-0.2, 0) is 9.59 Å². The number of likely N-dealkylation sites (tertiary alicyclic amines) is 1. The van der Waals surface area contributed by atoms with Crippen molar-refractivity contribution in [2.24, 2.45) is 5.92 Å². The maximum atomic E-state index is 14.1. The van der Waals surface area contributed by atoms with Crippen LogP contribution in [0.1, 0.15) is 37.8 Å². The lowest BCUT2D eigenvalue weighted by atomic mass is 9.96. The van der Waals surface area contributed by atoms with Gasteiger partial charge in [-0.25, -0.2) is 8.78 Å². The normalized spacial score (nSPS) is 18.7. The third-order valence-electron chi connectivity index (χ3n) is 4.47. The van der Waals surface area contributed by atoms with Gasteiger partial charge >= 0.3 is 0 Å². The zero-order valence-corrected chi connectivity index (χ0v) is 14.6. The summed E-state index contributed by atoms with van der Waals surface area (Å²) in [6.45, 7) is 3.33. The van der Waals surface area contributed by atoms with Crippen molar-refractivity contribution in [3.8, 4) is 0 Å². The molecule has 2 N–H and O–H groups in total. The van der Waals surface area contributed by atoms with Gasteiger partial charge in [0.15, 0.2) is 0 Å². The Kier molecular flexibility index (Phi) is 6.87. The molecule has 1 saturated heterocycles. The first kappa shape index (κ1) is 19.3. The van der Waals surface area contributed by atoms with Crippen LogP contribution in [0.15, 0.2) is 18.2 Å². The van der Waals surface area contributed by atoms with E-state index in [2.05, 4.69) is 10.6 Å². The smallest absolute Gasteiger partial charge is 0.225 e. The van der Waals surface area contributed by atoms with Crippen LogP contribution in [0.3, 0.4) is 0 Å². The van der Waals surface area contributed by atoms with E-state index in [-0.39, 0.29) is 17.9 Å². The molecule has 2 unspecified atom stereocenters. The van der Waals surface area contributed by atoms with Crippen molar-refractivity contribution in [3.05, 3.63) is 35.4 Å². The highest BCUT2D eigenvalue weighted by Gasteiger charge is 2.28. The van der Waals surface area contributed by atoms with Crippen molar-refractivity contribution in [2.75, 3.05) is 26.7 Å². The summed E-state index contributed by atoms with van der Waals surface area (Å²) in [7, 11) is 1.87. The zero-order valence-electron chi connectivity index (χ0n) is 14.6. The van der Waals surface area contributed by atoms with Crippen LogP contribution < -0.4 is 10.6 Å². The number of nitrogens with one attached hydrogen (secondary N) is 2. The second kappa shape index (κ2) is 8.89. The number of carbonyl (C=O) groups is 2. The Hall–Kier alpha value is -2.02. The first-order valence-electron chi connectivity index (χ1n) is 8.55. The summed E-state index contributed by atoms with van der Waals surface area (Å²) in [5, 5.41) is 5.62. The molecular weight excluding hydrogens is 328 g/mol. The lowest BCUT2D eigenvalue weighted by molar-refractivity contribution is -0.133. The molecule has 7 heteroatoms. The number of rotatable bonds is 6. The molecule has 0 radical (unpaired) electrons. The molecule has 2 rings (SSSR count). The number of benzene rings is 1. The highest BCUT2D eigenvalue weighted by atomic mass is 19.1. The molecule has 138 valence electrons. The average molecular weight is 353 g/mol. The van der Waals surface area contributed by atoms with E-state index in [4.69, 9.17) is 0 Å². The first-order valence-corrected chi connectivity index (χ1v) is 8.55. The Morgan fingerprint density at radius 3 is 2.60 bits per heavy atom. The molecule has 1 aromatic rings. The van der Waals surface area contributed by atoms with Crippen molar-refractivity contribution < 1.29 is 18.4 Å². The number of nitrogens with zero attached hydrogens (tertiary/aromatic N) is 1. The molecule has 1 aliphatic rings. The van der Waals surface area contributed by atoms with E-state index < -0.39 is 23.6 Å². The van der Waals surface area contributed by atoms with Gasteiger partial charge in [0, 0.05) is 25.6 Å². The van der Waals surface area contributed by atoms with Gasteiger partial charge in [0.2, 0.25) is 11.8 Å².